The van der Waals surface area contributed by atoms with Crippen molar-refractivity contribution in [2.45, 2.75) is 38.3 Å². The van der Waals surface area contributed by atoms with Gasteiger partial charge < -0.3 is 10.5 Å². The maximum absolute atomic E-state index is 6.12. The van der Waals surface area contributed by atoms with E-state index in [0.717, 1.165) is 37.1 Å². The van der Waals surface area contributed by atoms with Crippen molar-refractivity contribution in [2.75, 3.05) is 39.0 Å². The van der Waals surface area contributed by atoms with Gasteiger partial charge in [0.15, 0.2) is 0 Å². The zero-order chi connectivity index (χ0) is 14.7. The first kappa shape index (κ1) is 14.7. The van der Waals surface area contributed by atoms with Crippen LogP contribution in [0.4, 0.5) is 5.69 Å². The topological polar surface area (TPSA) is 41.7 Å². The highest BCUT2D eigenvalue weighted by Gasteiger charge is 2.26. The van der Waals surface area contributed by atoms with Gasteiger partial charge in [0.2, 0.25) is 0 Å². The quantitative estimate of drug-likeness (QED) is 0.864. The van der Waals surface area contributed by atoms with Crippen LogP contribution >= 0.6 is 0 Å². The summed E-state index contributed by atoms with van der Waals surface area (Å²) in [4.78, 5) is 5.21. The van der Waals surface area contributed by atoms with E-state index in [4.69, 9.17) is 10.5 Å². The van der Waals surface area contributed by atoms with Crippen molar-refractivity contribution in [2.24, 2.45) is 0 Å². The fourth-order valence-corrected chi connectivity index (χ4v) is 3.64. The number of hydrogen-bond donors (Lipinski definition) is 1. The van der Waals surface area contributed by atoms with Crippen molar-refractivity contribution >= 4 is 5.69 Å². The molecular weight excluding hydrogens is 262 g/mol. The Labute approximate surface area is 127 Å². The molecule has 0 aromatic heterocycles. The molecule has 1 aromatic carbocycles. The van der Waals surface area contributed by atoms with Gasteiger partial charge in [0.1, 0.15) is 5.75 Å². The van der Waals surface area contributed by atoms with Crippen LogP contribution in [0.5, 0.6) is 5.75 Å². The Hall–Kier alpha value is -1.26. The smallest absolute Gasteiger partial charge is 0.120 e. The summed E-state index contributed by atoms with van der Waals surface area (Å²) in [5.74, 6) is 0.835. The fourth-order valence-electron chi connectivity index (χ4n) is 3.64. The van der Waals surface area contributed by atoms with Crippen molar-refractivity contribution in [1.82, 2.24) is 9.80 Å². The third kappa shape index (κ3) is 3.50. The van der Waals surface area contributed by atoms with Crippen molar-refractivity contribution < 1.29 is 4.74 Å². The summed E-state index contributed by atoms with van der Waals surface area (Å²) in [6.07, 6.45) is 5.66. The fraction of sp³-hybridized carbons (Fsp3) is 0.647. The molecule has 1 aliphatic heterocycles. The first-order valence-corrected chi connectivity index (χ1v) is 8.15. The molecule has 0 radical (unpaired) electrons. The SMILES string of the molecule is COc1ccc(CN2CCN(C3CCCC3)CC2)c(N)c1. The second-order valence-electron chi connectivity index (χ2n) is 6.32. The van der Waals surface area contributed by atoms with Crippen LogP contribution in [0.3, 0.4) is 0 Å². The average Bonchev–Trinajstić information content (AvgIpc) is 3.04. The van der Waals surface area contributed by atoms with E-state index < -0.39 is 0 Å². The number of anilines is 1. The zero-order valence-corrected chi connectivity index (χ0v) is 13.1. The highest BCUT2D eigenvalue weighted by molar-refractivity contribution is 5.51. The average molecular weight is 289 g/mol. The summed E-state index contributed by atoms with van der Waals surface area (Å²) in [5, 5.41) is 0. The number of rotatable bonds is 4. The van der Waals surface area contributed by atoms with E-state index in [1.807, 2.05) is 12.1 Å². The largest absolute Gasteiger partial charge is 0.497 e. The van der Waals surface area contributed by atoms with Crippen LogP contribution < -0.4 is 10.5 Å². The van der Waals surface area contributed by atoms with Crippen LogP contribution in [0.15, 0.2) is 18.2 Å². The monoisotopic (exact) mass is 289 g/mol. The Balaban J connectivity index is 1.53. The molecule has 1 saturated carbocycles. The van der Waals surface area contributed by atoms with Gasteiger partial charge in [-0.2, -0.15) is 0 Å². The minimum absolute atomic E-state index is 0.835. The second kappa shape index (κ2) is 6.67. The van der Waals surface area contributed by atoms with Gasteiger partial charge >= 0.3 is 0 Å². The number of nitrogens with zero attached hydrogens (tertiary/aromatic N) is 2. The normalized spacial score (nSPS) is 21.8. The number of ether oxygens (including phenoxy) is 1. The molecule has 2 N–H and O–H groups in total. The molecule has 1 aromatic rings. The molecule has 1 saturated heterocycles. The molecule has 4 heteroatoms. The molecule has 116 valence electrons. The summed E-state index contributed by atoms with van der Waals surface area (Å²) in [6.45, 7) is 5.68. The Morgan fingerprint density at radius 2 is 1.86 bits per heavy atom. The number of nitrogens with two attached hydrogens (primary N) is 1. The van der Waals surface area contributed by atoms with Crippen LogP contribution in [0, 0.1) is 0 Å². The molecule has 3 rings (SSSR count). The molecule has 1 aliphatic carbocycles. The third-order valence-electron chi connectivity index (χ3n) is 4.99. The van der Waals surface area contributed by atoms with Crippen LogP contribution in [-0.2, 0) is 6.54 Å². The predicted molar refractivity (Wildman–Crippen MR) is 86.5 cm³/mol. The van der Waals surface area contributed by atoms with E-state index >= 15 is 0 Å². The first-order chi connectivity index (χ1) is 10.3. The zero-order valence-electron chi connectivity index (χ0n) is 13.1. The lowest BCUT2D eigenvalue weighted by molar-refractivity contribution is 0.0938. The summed E-state index contributed by atoms with van der Waals surface area (Å²) in [7, 11) is 1.68. The Morgan fingerprint density at radius 1 is 1.14 bits per heavy atom. The highest BCUT2D eigenvalue weighted by atomic mass is 16.5. The van der Waals surface area contributed by atoms with Gasteiger partial charge in [-0.1, -0.05) is 18.9 Å². The van der Waals surface area contributed by atoms with Gasteiger partial charge in [0.05, 0.1) is 7.11 Å². The molecule has 21 heavy (non-hydrogen) atoms. The lowest BCUT2D eigenvalue weighted by Crippen LogP contribution is -2.49. The lowest BCUT2D eigenvalue weighted by Gasteiger charge is -2.38. The molecular formula is C17H27N3O. The highest BCUT2D eigenvalue weighted by Crippen LogP contribution is 2.25. The third-order valence-corrected chi connectivity index (χ3v) is 4.99. The molecule has 4 nitrogen and oxygen atoms in total. The molecule has 2 aliphatic rings. The number of piperazine rings is 1. The van der Waals surface area contributed by atoms with Gasteiger partial charge in [-0.25, -0.2) is 0 Å². The van der Waals surface area contributed by atoms with Crippen LogP contribution in [0.25, 0.3) is 0 Å². The standard InChI is InChI=1S/C17H27N3O/c1-21-16-7-6-14(17(18)12-16)13-19-8-10-20(11-9-19)15-4-2-3-5-15/h6-7,12,15H,2-5,8-11,13,18H2,1H3. The molecule has 1 heterocycles. The van der Waals surface area contributed by atoms with Crippen molar-refractivity contribution in [3.8, 4) is 5.75 Å². The number of methoxy groups -OCH3 is 1. The summed E-state index contributed by atoms with van der Waals surface area (Å²) >= 11 is 0. The van der Waals surface area contributed by atoms with E-state index in [2.05, 4.69) is 15.9 Å². The molecule has 0 bridgehead atoms. The predicted octanol–water partition coefficient (Wildman–Crippen LogP) is 2.34. The van der Waals surface area contributed by atoms with Crippen molar-refractivity contribution in [1.29, 1.82) is 0 Å². The summed E-state index contributed by atoms with van der Waals surface area (Å²) < 4.78 is 5.21. The minimum Gasteiger partial charge on any atom is -0.497 e. The van der Waals surface area contributed by atoms with E-state index in [9.17, 15) is 0 Å². The lowest BCUT2D eigenvalue weighted by atomic mass is 10.1. The van der Waals surface area contributed by atoms with Gasteiger partial charge in [-0.05, 0) is 24.5 Å². The minimum atomic E-state index is 0.835. The van der Waals surface area contributed by atoms with E-state index in [0.29, 0.717) is 0 Å². The molecule has 0 atom stereocenters. The van der Waals surface area contributed by atoms with Gasteiger partial charge in [-0.15, -0.1) is 0 Å². The number of benzene rings is 1. The molecule has 0 amide bonds. The van der Waals surface area contributed by atoms with E-state index in [1.54, 1.807) is 7.11 Å². The number of hydrogen-bond acceptors (Lipinski definition) is 4. The van der Waals surface area contributed by atoms with E-state index in [-0.39, 0.29) is 0 Å². The van der Waals surface area contributed by atoms with Crippen molar-refractivity contribution in [3.63, 3.8) is 0 Å². The Morgan fingerprint density at radius 3 is 2.48 bits per heavy atom. The molecule has 0 unspecified atom stereocenters. The molecule has 2 fully saturated rings. The molecule has 0 spiro atoms. The van der Waals surface area contributed by atoms with Crippen molar-refractivity contribution in [3.05, 3.63) is 23.8 Å². The van der Waals surface area contributed by atoms with Gasteiger partial charge in [0.25, 0.3) is 0 Å². The second-order valence-corrected chi connectivity index (χ2v) is 6.32. The van der Waals surface area contributed by atoms with Crippen LogP contribution in [-0.4, -0.2) is 49.1 Å². The van der Waals surface area contributed by atoms with E-state index in [1.165, 1.54) is 44.3 Å². The van der Waals surface area contributed by atoms with Gasteiger partial charge in [0, 0.05) is 50.5 Å². The maximum Gasteiger partial charge on any atom is 0.120 e. The summed E-state index contributed by atoms with van der Waals surface area (Å²) in [5.41, 5.74) is 8.18. The Bertz CT molecular complexity index is 463. The van der Waals surface area contributed by atoms with Crippen LogP contribution in [0.1, 0.15) is 31.2 Å². The van der Waals surface area contributed by atoms with Gasteiger partial charge in [-0.3, -0.25) is 9.80 Å². The van der Waals surface area contributed by atoms with Crippen LogP contribution in [0.2, 0.25) is 0 Å². The maximum atomic E-state index is 6.12. The first-order valence-electron chi connectivity index (χ1n) is 8.15. The number of nitrogen functional groups attached to an aromatic ring is 1. The Kier molecular flexibility index (Phi) is 4.66. The summed E-state index contributed by atoms with van der Waals surface area (Å²) in [6, 6.07) is 6.88.